The Morgan fingerprint density at radius 1 is 0.689 bits per heavy atom. The number of phosphoric ester groups is 1. The van der Waals surface area contributed by atoms with Gasteiger partial charge in [0, 0.05) is 25.7 Å². The number of aryl methyl sites for hydroxylation is 2. The average molecular weight is 881 g/mol. The molecule has 0 fully saturated rings. The lowest BCUT2D eigenvalue weighted by Crippen LogP contribution is -2.37. The summed E-state index contributed by atoms with van der Waals surface area (Å²) in [6, 6.07) is 0. The number of aliphatic hydroxyl groups excluding tert-OH is 2. The monoisotopic (exact) mass is 881 g/mol. The van der Waals surface area contributed by atoms with Crippen LogP contribution in [0.5, 0.6) is 0 Å². The Morgan fingerprint density at radius 3 is 1.82 bits per heavy atom. The second-order valence-electron chi connectivity index (χ2n) is 16.9. The summed E-state index contributed by atoms with van der Waals surface area (Å²) in [5.74, 6) is 1.11. The van der Waals surface area contributed by atoms with Gasteiger partial charge in [-0.3, -0.25) is 18.6 Å². The minimum Gasteiger partial charge on any atom is -0.466 e. The molecule has 0 aliphatic carbocycles. The maximum atomic E-state index is 12.8. The molecular weight excluding hydrogens is 797 g/mol. The molecule has 13 heteroatoms. The molecule has 1 aromatic rings. The maximum absolute atomic E-state index is 12.8. The van der Waals surface area contributed by atoms with E-state index in [4.69, 9.17) is 22.9 Å². The molecule has 3 N–H and O–H groups in total. The van der Waals surface area contributed by atoms with Gasteiger partial charge in [-0.1, -0.05) is 101 Å². The normalized spacial score (nSPS) is 15.0. The van der Waals surface area contributed by atoms with Crippen LogP contribution in [-0.4, -0.2) is 97.3 Å². The van der Waals surface area contributed by atoms with Gasteiger partial charge in [0.25, 0.3) is 0 Å². The highest BCUT2D eigenvalue weighted by molar-refractivity contribution is 7.47. The number of nitrogens with zero attached hydrogens (tertiary/aromatic N) is 1. The number of phosphoric acid groups is 1. The van der Waals surface area contributed by atoms with Crippen LogP contribution < -0.4 is 0 Å². The van der Waals surface area contributed by atoms with Crippen LogP contribution in [0.2, 0.25) is 0 Å². The van der Waals surface area contributed by atoms with E-state index in [0.717, 1.165) is 88.6 Å². The van der Waals surface area contributed by atoms with Crippen molar-refractivity contribution in [1.82, 2.24) is 0 Å². The third kappa shape index (κ3) is 30.0. The van der Waals surface area contributed by atoms with E-state index in [1.165, 1.54) is 24.0 Å². The smallest absolute Gasteiger partial charge is 0.466 e. The topological polar surface area (TPSA) is 162 Å². The van der Waals surface area contributed by atoms with Gasteiger partial charge >= 0.3 is 19.8 Å². The molecule has 61 heavy (non-hydrogen) atoms. The summed E-state index contributed by atoms with van der Waals surface area (Å²) in [6.45, 7) is 8.18. The number of furan rings is 1. The number of esters is 2. The van der Waals surface area contributed by atoms with Gasteiger partial charge in [0.15, 0.2) is 6.10 Å². The number of hydrogen-bond donors (Lipinski definition) is 3. The molecule has 0 amide bonds. The van der Waals surface area contributed by atoms with Crippen molar-refractivity contribution in [3.05, 3.63) is 71.3 Å². The first-order valence-electron chi connectivity index (χ1n) is 22.9. The number of carbonyl (C=O) groups excluding carboxylic acids is 2. The van der Waals surface area contributed by atoms with Crippen LogP contribution in [-0.2, 0) is 45.5 Å². The summed E-state index contributed by atoms with van der Waals surface area (Å²) < 4.78 is 40.4. The number of carbonyl (C=O) groups is 2. The van der Waals surface area contributed by atoms with Gasteiger partial charge in [-0.15, -0.1) is 0 Å². The van der Waals surface area contributed by atoms with E-state index in [9.17, 15) is 29.3 Å². The number of hydrogen-bond acceptors (Lipinski definition) is 10. The van der Waals surface area contributed by atoms with Gasteiger partial charge in [0.2, 0.25) is 0 Å². The van der Waals surface area contributed by atoms with E-state index >= 15 is 0 Å². The number of unbranched alkanes of at least 4 members (excludes halogenated alkanes) is 7. The van der Waals surface area contributed by atoms with E-state index < -0.39 is 44.7 Å². The number of quaternary nitrogens is 1. The molecule has 1 unspecified atom stereocenters. The maximum Gasteiger partial charge on any atom is 0.472 e. The Balaban J connectivity index is 2.49. The van der Waals surface area contributed by atoms with Crippen molar-refractivity contribution in [2.24, 2.45) is 0 Å². The lowest BCUT2D eigenvalue weighted by atomic mass is 10.0. The Bertz CT molecular complexity index is 1490. The molecule has 1 heterocycles. The van der Waals surface area contributed by atoms with Crippen LogP contribution in [0.3, 0.4) is 0 Å². The molecule has 0 spiro atoms. The molecule has 1 aromatic heterocycles. The van der Waals surface area contributed by atoms with E-state index in [2.05, 4.69) is 64.2 Å². The Kier molecular flexibility index (Phi) is 31.0. The van der Waals surface area contributed by atoms with Gasteiger partial charge in [0.1, 0.15) is 31.3 Å². The zero-order valence-corrected chi connectivity index (χ0v) is 39.7. The molecule has 1 rings (SSSR count). The number of likely N-dealkylation sites (N-methyl/N-ethyl adjacent to an activating group) is 1. The molecule has 0 saturated carbocycles. The lowest BCUT2D eigenvalue weighted by Gasteiger charge is -2.24. The Labute approximate surface area is 368 Å². The number of rotatable bonds is 37. The predicted molar refractivity (Wildman–Crippen MR) is 244 cm³/mol. The van der Waals surface area contributed by atoms with Crippen molar-refractivity contribution in [3.63, 3.8) is 0 Å². The van der Waals surface area contributed by atoms with Crippen LogP contribution in [0.4, 0.5) is 0 Å². The zero-order chi connectivity index (χ0) is 45.4. The van der Waals surface area contributed by atoms with Gasteiger partial charge in [-0.05, 0) is 89.2 Å². The van der Waals surface area contributed by atoms with Gasteiger partial charge in [-0.25, -0.2) is 4.57 Å². The molecule has 0 aromatic carbocycles. The summed E-state index contributed by atoms with van der Waals surface area (Å²) in [6.07, 6.45) is 28.9. The third-order valence-electron chi connectivity index (χ3n) is 10.3. The highest BCUT2D eigenvalue weighted by atomic mass is 31.2. The highest BCUT2D eigenvalue weighted by Gasteiger charge is 2.27. The number of allylic oxidation sites excluding steroid dienone is 7. The first-order valence-corrected chi connectivity index (χ1v) is 24.4. The largest absolute Gasteiger partial charge is 0.472 e. The molecule has 0 bridgehead atoms. The number of ether oxygens (including phenoxy) is 2. The Hall–Kier alpha value is -2.83. The van der Waals surface area contributed by atoms with Gasteiger partial charge < -0.3 is 33.5 Å². The molecule has 0 aliphatic heterocycles. The second-order valence-corrected chi connectivity index (χ2v) is 18.4. The average Bonchev–Trinajstić information content (AvgIpc) is 3.47. The third-order valence-corrected chi connectivity index (χ3v) is 11.3. The summed E-state index contributed by atoms with van der Waals surface area (Å²) in [5, 5.41) is 20.8. The van der Waals surface area contributed by atoms with Crippen molar-refractivity contribution < 1.29 is 56.7 Å². The highest BCUT2D eigenvalue weighted by Crippen LogP contribution is 2.43. The van der Waals surface area contributed by atoms with Crippen LogP contribution in [0.1, 0.15) is 152 Å². The molecular formula is C48H83NO11P+. The van der Waals surface area contributed by atoms with Crippen molar-refractivity contribution >= 4 is 19.8 Å². The lowest BCUT2D eigenvalue weighted by molar-refractivity contribution is -0.870. The fourth-order valence-corrected chi connectivity index (χ4v) is 7.02. The first kappa shape index (κ1) is 56.2. The summed E-state index contributed by atoms with van der Waals surface area (Å²) in [5.41, 5.74) is 2.56. The molecule has 4 atom stereocenters. The second kappa shape index (κ2) is 33.7. The first-order chi connectivity index (χ1) is 29.1. The Morgan fingerprint density at radius 2 is 1.23 bits per heavy atom. The van der Waals surface area contributed by atoms with Gasteiger partial charge in [-0.2, -0.15) is 0 Å². The summed E-state index contributed by atoms with van der Waals surface area (Å²) in [4.78, 5) is 35.6. The van der Waals surface area contributed by atoms with Crippen molar-refractivity contribution in [2.45, 2.75) is 174 Å². The quantitative estimate of drug-likeness (QED) is 0.0192. The number of aliphatic hydroxyl groups is 2. The minimum atomic E-state index is -4.47. The van der Waals surface area contributed by atoms with Crippen LogP contribution >= 0.6 is 7.82 Å². The molecule has 350 valence electrons. The van der Waals surface area contributed by atoms with Crippen LogP contribution in [0.15, 0.2) is 53.0 Å². The predicted octanol–water partition coefficient (Wildman–Crippen LogP) is 10.3. The minimum absolute atomic E-state index is 0.0249. The molecule has 0 saturated heterocycles. The molecule has 0 aliphatic rings. The zero-order valence-electron chi connectivity index (χ0n) is 38.8. The van der Waals surface area contributed by atoms with Crippen molar-refractivity contribution in [1.29, 1.82) is 0 Å². The fourth-order valence-electron chi connectivity index (χ4n) is 6.28. The van der Waals surface area contributed by atoms with Crippen LogP contribution in [0.25, 0.3) is 0 Å². The van der Waals surface area contributed by atoms with E-state index in [-0.39, 0.29) is 45.3 Å². The molecule has 0 radical (unpaired) electrons. The van der Waals surface area contributed by atoms with E-state index in [0.29, 0.717) is 17.4 Å². The van der Waals surface area contributed by atoms with Crippen LogP contribution in [0, 0.1) is 13.8 Å². The van der Waals surface area contributed by atoms with Crippen molar-refractivity contribution in [3.8, 4) is 0 Å². The van der Waals surface area contributed by atoms with Crippen molar-refractivity contribution in [2.75, 3.05) is 47.5 Å². The van der Waals surface area contributed by atoms with E-state index in [1.807, 2.05) is 33.3 Å². The fraction of sp³-hybridized carbons (Fsp3) is 0.708. The molecule has 12 nitrogen and oxygen atoms in total. The van der Waals surface area contributed by atoms with E-state index in [1.54, 1.807) is 0 Å². The summed E-state index contributed by atoms with van der Waals surface area (Å²) in [7, 11) is 1.29. The standard InChI is InChI=1S/C48H82NO11P/c1-8-10-12-13-14-15-16-17-18-19-22-26-30-43(50)44(51)31-29-35-47(52)56-38-42(39-58-61(54,55)57-37-36-49(5,6)7)59-48(53)34-28-24-21-20-23-27-33-46-41(4)40(3)45(60-46)32-25-11-9-2/h10,12,14-15,17-18,22,26,42-44,50-51H,8-9,11,13,16,19-21,23-25,27-39H2,1-7H3/p+1/b12-10-,15-14-,18-17-,26-22-/t42-,43+,44+/m1/s1. The summed E-state index contributed by atoms with van der Waals surface area (Å²) >= 11 is 0. The van der Waals surface area contributed by atoms with Gasteiger partial charge in [0.05, 0.1) is 40.0 Å². The SMILES string of the molecule is CC/C=C\C/C=C\C/C=C\C/C=C\C[C@H](O)[C@@H](O)CCCC(=O)OC[C@H](COP(=O)(O)OCC[N+](C)(C)C)OC(=O)CCCCCCCCc1oc(CCCCC)c(C)c1C.